The molecule has 0 spiro atoms. The lowest BCUT2D eigenvalue weighted by molar-refractivity contribution is -0.625. The smallest absolute Gasteiger partial charge is 0.342 e. The van der Waals surface area contributed by atoms with Crippen LogP contribution in [0.1, 0.15) is 5.56 Å². The molecule has 0 saturated heterocycles. The second-order valence-corrected chi connectivity index (χ2v) is 8.50. The second-order valence-electron chi connectivity index (χ2n) is 7.56. The van der Waals surface area contributed by atoms with Gasteiger partial charge in [0.25, 0.3) is 11.7 Å². The summed E-state index contributed by atoms with van der Waals surface area (Å²) in [6.07, 6.45) is 1.40. The van der Waals surface area contributed by atoms with Gasteiger partial charge in [-0.3, -0.25) is 4.79 Å². The number of aliphatic carboxylic acids is 1. The van der Waals surface area contributed by atoms with E-state index in [1.807, 2.05) is 59.2 Å². The summed E-state index contributed by atoms with van der Waals surface area (Å²) in [5.74, 6) is 0.500. The minimum atomic E-state index is -1.08. The number of carboxylic acid groups (broad SMARTS) is 1. The molecular weight excluding hydrogens is 494 g/mol. The first-order valence-corrected chi connectivity index (χ1v) is 12.1. The molecule has 0 radical (unpaired) electrons. The Morgan fingerprint density at radius 2 is 1.81 bits per heavy atom. The number of methoxy groups -OCH3 is 1. The summed E-state index contributed by atoms with van der Waals surface area (Å²) in [7, 11) is 1.62. The van der Waals surface area contributed by atoms with Crippen molar-refractivity contribution < 1.29 is 28.7 Å². The highest BCUT2D eigenvalue weighted by molar-refractivity contribution is 7.99. The largest absolute Gasteiger partial charge is 0.497 e. The number of rotatable bonds is 11. The lowest BCUT2D eigenvalue weighted by Crippen LogP contribution is -2.34. The third-order valence-electron chi connectivity index (χ3n) is 5.05. The monoisotopic (exact) mass is 518 g/mol. The molecule has 0 bridgehead atoms. The van der Waals surface area contributed by atoms with Gasteiger partial charge in [0.2, 0.25) is 0 Å². The molecule has 1 amide bonds. The highest BCUT2D eigenvalue weighted by Crippen LogP contribution is 2.22. The van der Waals surface area contributed by atoms with Crippen molar-refractivity contribution in [2.24, 2.45) is 5.10 Å². The van der Waals surface area contributed by atoms with Crippen molar-refractivity contribution in [3.05, 3.63) is 84.4 Å². The number of carbonyl (C=O) groups is 2. The van der Waals surface area contributed by atoms with E-state index in [2.05, 4.69) is 20.7 Å². The van der Waals surface area contributed by atoms with Crippen molar-refractivity contribution in [1.29, 1.82) is 0 Å². The fourth-order valence-corrected chi connectivity index (χ4v) is 4.11. The van der Waals surface area contributed by atoms with Crippen LogP contribution in [0.5, 0.6) is 11.5 Å². The van der Waals surface area contributed by atoms with Gasteiger partial charge in [0.1, 0.15) is 17.2 Å². The number of H-pyrrole nitrogens is 1. The summed E-state index contributed by atoms with van der Waals surface area (Å²) < 4.78 is 12.4. The summed E-state index contributed by atoms with van der Waals surface area (Å²) >= 11 is 1.25. The number of ether oxygens (including phenoxy) is 2. The normalized spacial score (nSPS) is 10.8. The zero-order valence-electron chi connectivity index (χ0n) is 19.8. The van der Waals surface area contributed by atoms with Crippen LogP contribution in [0.4, 0.5) is 0 Å². The highest BCUT2D eigenvalue weighted by atomic mass is 32.2. The minimum Gasteiger partial charge on any atom is -0.497 e. The van der Waals surface area contributed by atoms with Crippen molar-refractivity contribution in [2.45, 2.75) is 5.16 Å². The molecule has 0 aliphatic rings. The van der Waals surface area contributed by atoms with E-state index in [0.29, 0.717) is 16.5 Å². The molecule has 0 aliphatic heterocycles. The van der Waals surface area contributed by atoms with Gasteiger partial charge in [-0.2, -0.15) is 9.67 Å². The molecule has 0 unspecified atom stereocenters. The zero-order chi connectivity index (χ0) is 26.0. The van der Waals surface area contributed by atoms with Gasteiger partial charge in [-0.1, -0.05) is 30.3 Å². The lowest BCUT2D eigenvalue weighted by atomic mass is 10.2. The number of thioether (sulfide) groups is 1. The number of para-hydroxylation sites is 2. The van der Waals surface area contributed by atoms with Crippen molar-refractivity contribution in [3.8, 4) is 28.6 Å². The van der Waals surface area contributed by atoms with E-state index in [0.717, 1.165) is 22.8 Å². The van der Waals surface area contributed by atoms with E-state index in [4.69, 9.17) is 14.6 Å². The third kappa shape index (κ3) is 6.73. The number of hydrogen-bond acceptors (Lipinski definition) is 7. The molecule has 3 aromatic carbocycles. The average Bonchev–Trinajstić information content (AvgIpc) is 3.36. The number of aromatic amines is 1. The topological polar surface area (TPSA) is 130 Å². The van der Waals surface area contributed by atoms with Crippen LogP contribution in [0, 0.1) is 0 Å². The van der Waals surface area contributed by atoms with E-state index in [-0.39, 0.29) is 11.7 Å². The molecule has 4 aromatic rings. The Bertz CT molecular complexity index is 1390. The van der Waals surface area contributed by atoms with E-state index >= 15 is 0 Å². The first-order chi connectivity index (χ1) is 18.0. The van der Waals surface area contributed by atoms with Gasteiger partial charge in [0.15, 0.2) is 6.61 Å². The number of nitrogens with one attached hydrogen (secondary N) is 2. The van der Waals surface area contributed by atoms with Crippen molar-refractivity contribution >= 4 is 29.9 Å². The van der Waals surface area contributed by atoms with Gasteiger partial charge >= 0.3 is 11.1 Å². The second kappa shape index (κ2) is 12.4. The van der Waals surface area contributed by atoms with Crippen LogP contribution in [0.3, 0.4) is 0 Å². The van der Waals surface area contributed by atoms with E-state index in [9.17, 15) is 9.59 Å². The molecule has 1 aromatic heterocycles. The maximum absolute atomic E-state index is 12.5. The Morgan fingerprint density at radius 3 is 2.54 bits per heavy atom. The Balaban J connectivity index is 1.45. The molecule has 3 N–H and O–H groups in total. The summed E-state index contributed by atoms with van der Waals surface area (Å²) in [4.78, 5) is 23.3. The summed E-state index contributed by atoms with van der Waals surface area (Å²) in [6.45, 7) is -0.475. The molecule has 188 valence electrons. The number of nitrogens with zero attached hydrogens (tertiary/aromatic N) is 3. The predicted molar refractivity (Wildman–Crippen MR) is 138 cm³/mol. The number of carboxylic acids is 1. The molecule has 0 saturated carbocycles. The fraction of sp³-hybridized carbons (Fsp3) is 0.115. The van der Waals surface area contributed by atoms with Gasteiger partial charge in [-0.15, -0.1) is 5.10 Å². The van der Waals surface area contributed by atoms with Crippen LogP contribution in [0.15, 0.2) is 89.1 Å². The van der Waals surface area contributed by atoms with Crippen LogP contribution >= 0.6 is 11.8 Å². The van der Waals surface area contributed by atoms with Crippen LogP contribution < -0.4 is 19.5 Å². The predicted octanol–water partition coefficient (Wildman–Crippen LogP) is 3.07. The molecular formula is C26H24N5O5S+. The highest BCUT2D eigenvalue weighted by Gasteiger charge is 2.24. The third-order valence-corrected chi connectivity index (χ3v) is 5.98. The minimum absolute atomic E-state index is 0.0637. The lowest BCUT2D eigenvalue weighted by Gasteiger charge is -2.06. The van der Waals surface area contributed by atoms with Gasteiger partial charge in [0, 0.05) is 5.56 Å². The average molecular weight is 519 g/mol. The van der Waals surface area contributed by atoms with Gasteiger partial charge < -0.3 is 14.6 Å². The van der Waals surface area contributed by atoms with Crippen LogP contribution in [-0.2, 0) is 9.59 Å². The molecule has 4 rings (SSSR count). The first kappa shape index (κ1) is 25.5. The van der Waals surface area contributed by atoms with Crippen LogP contribution in [0.2, 0.25) is 0 Å². The zero-order valence-corrected chi connectivity index (χ0v) is 20.6. The maximum Gasteiger partial charge on any atom is 0.342 e. The number of hydrazone groups is 1. The van der Waals surface area contributed by atoms with Crippen LogP contribution in [-0.4, -0.2) is 52.9 Å². The molecule has 37 heavy (non-hydrogen) atoms. The standard InChI is InChI=1S/C26H23N5O5S/c1-35-21-13-11-18(12-14-21)25-29-30-26(31(25)20-8-3-2-4-9-20)37-17-23(32)28-27-15-19-7-5-6-10-22(19)36-16-24(33)34/h2-15H,16-17H2,1H3,(H2,28,32,33,34)/p+1/b27-15+. The summed E-state index contributed by atoms with van der Waals surface area (Å²) in [5, 5.41) is 20.9. The van der Waals surface area contributed by atoms with Gasteiger partial charge in [-0.05, 0) is 60.3 Å². The number of carbonyl (C=O) groups excluding carboxylic acids is 1. The summed E-state index contributed by atoms with van der Waals surface area (Å²) in [5.41, 5.74) is 4.81. The molecule has 11 heteroatoms. The van der Waals surface area contributed by atoms with E-state index in [1.54, 1.807) is 31.4 Å². The maximum atomic E-state index is 12.5. The quantitative estimate of drug-likeness (QED) is 0.120. The SMILES string of the molecule is COc1ccc(-c2[nH]nc(SCC(=O)N/N=C/c3ccccc3OCC(=O)O)[n+]2-c2ccccc2)cc1. The van der Waals surface area contributed by atoms with Gasteiger partial charge in [0.05, 0.1) is 29.7 Å². The Kier molecular flexibility index (Phi) is 8.50. The Hall–Kier alpha value is -4.64. The van der Waals surface area contributed by atoms with Gasteiger partial charge in [-0.25, -0.2) is 10.2 Å². The van der Waals surface area contributed by atoms with Crippen molar-refractivity contribution in [2.75, 3.05) is 19.5 Å². The van der Waals surface area contributed by atoms with Crippen LogP contribution in [0.25, 0.3) is 17.1 Å². The summed E-state index contributed by atoms with van der Waals surface area (Å²) in [6, 6.07) is 24.1. The van der Waals surface area contributed by atoms with Crippen molar-refractivity contribution in [1.82, 2.24) is 15.6 Å². The number of benzene rings is 3. The molecule has 10 nitrogen and oxygen atoms in total. The number of amides is 1. The molecule has 0 aliphatic carbocycles. The number of aromatic nitrogens is 3. The van der Waals surface area contributed by atoms with E-state index in [1.165, 1.54) is 18.0 Å². The van der Waals surface area contributed by atoms with E-state index < -0.39 is 12.6 Å². The Labute approximate surface area is 217 Å². The number of hydrogen-bond donors (Lipinski definition) is 3. The molecule has 1 heterocycles. The molecule has 0 fully saturated rings. The molecule has 0 atom stereocenters. The van der Waals surface area contributed by atoms with Crippen molar-refractivity contribution in [3.63, 3.8) is 0 Å². The fourth-order valence-electron chi connectivity index (χ4n) is 3.35. The first-order valence-electron chi connectivity index (χ1n) is 11.1. The Morgan fingerprint density at radius 1 is 1.08 bits per heavy atom.